The van der Waals surface area contributed by atoms with Gasteiger partial charge in [0, 0.05) is 49.4 Å². The highest BCUT2D eigenvalue weighted by Gasteiger charge is 2.29. The Morgan fingerprint density at radius 1 is 1.03 bits per heavy atom. The van der Waals surface area contributed by atoms with Gasteiger partial charge in [0.1, 0.15) is 28.8 Å². The second-order valence-electron chi connectivity index (χ2n) is 7.16. The maximum Gasteiger partial charge on any atom is 0.259 e. The van der Waals surface area contributed by atoms with Crippen molar-refractivity contribution in [3.63, 3.8) is 0 Å². The lowest BCUT2D eigenvalue weighted by molar-refractivity contribution is 0.0735. The van der Waals surface area contributed by atoms with Gasteiger partial charge in [0.25, 0.3) is 11.8 Å². The minimum absolute atomic E-state index is 0.169. The van der Waals surface area contributed by atoms with Crippen molar-refractivity contribution in [3.8, 4) is 0 Å². The van der Waals surface area contributed by atoms with Crippen LogP contribution in [0.3, 0.4) is 0 Å². The molecule has 4 rings (SSSR count). The van der Waals surface area contributed by atoms with E-state index in [4.69, 9.17) is 0 Å². The van der Waals surface area contributed by atoms with Crippen LogP contribution in [0, 0.1) is 17.5 Å². The average Bonchev–Trinajstić information content (AvgIpc) is 3.30. The molecule has 0 unspecified atom stereocenters. The molecule has 0 spiro atoms. The van der Waals surface area contributed by atoms with E-state index in [0.717, 1.165) is 4.88 Å². The first-order chi connectivity index (χ1) is 15.4. The molecule has 0 bridgehead atoms. The largest absolute Gasteiger partial charge is 0.352 e. The number of benzene rings is 1. The Labute approximate surface area is 186 Å². The van der Waals surface area contributed by atoms with E-state index in [1.54, 1.807) is 29.7 Å². The second-order valence-corrected chi connectivity index (χ2v) is 8.19. The Bertz CT molecular complexity index is 1110. The van der Waals surface area contributed by atoms with Crippen molar-refractivity contribution in [2.45, 2.75) is 6.54 Å². The van der Waals surface area contributed by atoms with Crippen LogP contribution in [-0.4, -0.2) is 47.9 Å². The molecular formula is C22H19F3N4O2S. The van der Waals surface area contributed by atoms with E-state index in [2.05, 4.69) is 10.3 Å². The van der Waals surface area contributed by atoms with E-state index in [0.29, 0.717) is 43.1 Å². The number of hydrogen-bond donors (Lipinski definition) is 1. The molecule has 0 aliphatic carbocycles. The molecule has 2 aromatic heterocycles. The van der Waals surface area contributed by atoms with Crippen molar-refractivity contribution >= 4 is 29.0 Å². The van der Waals surface area contributed by atoms with Crippen LogP contribution in [0.4, 0.5) is 19.0 Å². The molecule has 2 amide bonds. The van der Waals surface area contributed by atoms with Crippen molar-refractivity contribution in [1.82, 2.24) is 15.2 Å². The summed E-state index contributed by atoms with van der Waals surface area (Å²) in [5, 5.41) is 4.80. The molecule has 1 saturated heterocycles. The number of aromatic nitrogens is 1. The number of piperazine rings is 1. The van der Waals surface area contributed by atoms with Gasteiger partial charge < -0.3 is 15.1 Å². The minimum Gasteiger partial charge on any atom is -0.352 e. The Morgan fingerprint density at radius 3 is 2.41 bits per heavy atom. The fourth-order valence-electron chi connectivity index (χ4n) is 3.53. The second kappa shape index (κ2) is 9.39. The van der Waals surface area contributed by atoms with E-state index >= 15 is 0 Å². The number of rotatable bonds is 5. The summed E-state index contributed by atoms with van der Waals surface area (Å²) in [4.78, 5) is 33.8. The van der Waals surface area contributed by atoms with Gasteiger partial charge in [-0.1, -0.05) is 6.07 Å². The molecule has 1 aromatic carbocycles. The number of amides is 2. The topological polar surface area (TPSA) is 65.5 Å². The average molecular weight is 460 g/mol. The number of halogens is 3. The van der Waals surface area contributed by atoms with Gasteiger partial charge in [-0.3, -0.25) is 9.59 Å². The van der Waals surface area contributed by atoms with Gasteiger partial charge in [-0.25, -0.2) is 18.2 Å². The van der Waals surface area contributed by atoms with E-state index in [-0.39, 0.29) is 19.0 Å². The first kappa shape index (κ1) is 21.8. The van der Waals surface area contributed by atoms with Crippen LogP contribution in [0.2, 0.25) is 0 Å². The van der Waals surface area contributed by atoms with Crippen molar-refractivity contribution in [2.75, 3.05) is 31.1 Å². The van der Waals surface area contributed by atoms with Crippen LogP contribution < -0.4 is 10.2 Å². The summed E-state index contributed by atoms with van der Waals surface area (Å²) in [5.41, 5.74) is -0.370. The molecule has 32 heavy (non-hydrogen) atoms. The fourth-order valence-corrected chi connectivity index (χ4v) is 4.17. The summed E-state index contributed by atoms with van der Waals surface area (Å²) >= 11 is 1.54. The molecule has 166 valence electrons. The Morgan fingerprint density at radius 2 is 1.75 bits per heavy atom. The predicted octanol–water partition coefficient (Wildman–Crippen LogP) is 3.45. The molecule has 1 aliphatic heterocycles. The van der Waals surface area contributed by atoms with Crippen LogP contribution >= 0.6 is 11.3 Å². The van der Waals surface area contributed by atoms with Gasteiger partial charge in [-0.15, -0.1) is 11.3 Å². The SMILES string of the molecule is O=C(NCc1cccs1)c1cccnc1N1CCN(C(=O)c2c(F)cc(F)cc2F)CC1. The van der Waals surface area contributed by atoms with Gasteiger partial charge in [0.15, 0.2) is 0 Å². The third-order valence-electron chi connectivity index (χ3n) is 5.12. The molecule has 1 aliphatic rings. The summed E-state index contributed by atoms with van der Waals surface area (Å²) in [7, 11) is 0. The first-order valence-electron chi connectivity index (χ1n) is 9.88. The number of nitrogens with zero attached hydrogens (tertiary/aromatic N) is 3. The summed E-state index contributed by atoms with van der Waals surface area (Å²) < 4.78 is 41.1. The van der Waals surface area contributed by atoms with Crippen LogP contribution in [0.1, 0.15) is 25.6 Å². The molecule has 1 N–H and O–H groups in total. The maximum absolute atomic E-state index is 14.0. The molecule has 10 heteroatoms. The van der Waals surface area contributed by atoms with Gasteiger partial charge in [0.2, 0.25) is 0 Å². The molecule has 0 atom stereocenters. The Hall–Kier alpha value is -3.40. The molecule has 0 radical (unpaired) electrons. The first-order valence-corrected chi connectivity index (χ1v) is 10.8. The van der Waals surface area contributed by atoms with Crippen molar-refractivity contribution in [1.29, 1.82) is 0 Å². The smallest absolute Gasteiger partial charge is 0.259 e. The van der Waals surface area contributed by atoms with Crippen LogP contribution in [0.5, 0.6) is 0 Å². The third-order valence-corrected chi connectivity index (χ3v) is 6.00. The van der Waals surface area contributed by atoms with E-state index < -0.39 is 28.9 Å². The van der Waals surface area contributed by atoms with Gasteiger partial charge in [-0.2, -0.15) is 0 Å². The number of hydrogen-bond acceptors (Lipinski definition) is 5. The number of carbonyl (C=O) groups excluding carboxylic acids is 2. The molecule has 3 aromatic rings. The molecular weight excluding hydrogens is 441 g/mol. The molecule has 6 nitrogen and oxygen atoms in total. The van der Waals surface area contributed by atoms with Crippen LogP contribution in [0.25, 0.3) is 0 Å². The number of thiophene rings is 1. The lowest BCUT2D eigenvalue weighted by Gasteiger charge is -2.36. The van der Waals surface area contributed by atoms with Crippen molar-refractivity contribution in [2.24, 2.45) is 0 Å². The monoisotopic (exact) mass is 460 g/mol. The summed E-state index contributed by atoms with van der Waals surface area (Å²) in [6.45, 7) is 1.38. The lowest BCUT2D eigenvalue weighted by Crippen LogP contribution is -2.49. The summed E-state index contributed by atoms with van der Waals surface area (Å²) in [6.07, 6.45) is 1.58. The zero-order valence-corrected chi connectivity index (χ0v) is 17.7. The quantitative estimate of drug-likeness (QED) is 0.634. The highest BCUT2D eigenvalue weighted by Crippen LogP contribution is 2.22. The van der Waals surface area contributed by atoms with E-state index in [1.165, 1.54) is 4.90 Å². The highest BCUT2D eigenvalue weighted by molar-refractivity contribution is 7.09. The molecule has 3 heterocycles. The van der Waals surface area contributed by atoms with Crippen molar-refractivity contribution in [3.05, 3.63) is 81.4 Å². The number of nitrogens with one attached hydrogen (secondary N) is 1. The molecule has 1 fully saturated rings. The third kappa shape index (κ3) is 4.59. The minimum atomic E-state index is -1.23. The Kier molecular flexibility index (Phi) is 6.40. The standard InChI is InChI=1S/C22H19F3N4O2S/c23-14-11-17(24)19(18(25)12-14)22(31)29-8-6-28(7-9-29)20-16(4-1-5-26-20)21(30)27-13-15-3-2-10-32-15/h1-5,10-12H,6-9,13H2,(H,27,30). The fraction of sp³-hybridized carbons (Fsp3) is 0.227. The zero-order valence-electron chi connectivity index (χ0n) is 16.9. The summed E-state index contributed by atoms with van der Waals surface area (Å²) in [6, 6.07) is 8.16. The Balaban J connectivity index is 1.43. The van der Waals surface area contributed by atoms with E-state index in [9.17, 15) is 22.8 Å². The number of carbonyl (C=O) groups is 2. The predicted molar refractivity (Wildman–Crippen MR) is 114 cm³/mol. The molecule has 0 saturated carbocycles. The van der Waals surface area contributed by atoms with E-state index in [1.807, 2.05) is 22.4 Å². The summed E-state index contributed by atoms with van der Waals surface area (Å²) in [5.74, 6) is -4.18. The van der Waals surface area contributed by atoms with Gasteiger partial charge in [0.05, 0.1) is 12.1 Å². The number of anilines is 1. The van der Waals surface area contributed by atoms with Gasteiger partial charge >= 0.3 is 0 Å². The van der Waals surface area contributed by atoms with Crippen LogP contribution in [-0.2, 0) is 6.54 Å². The lowest BCUT2D eigenvalue weighted by atomic mass is 10.1. The zero-order chi connectivity index (χ0) is 22.7. The van der Waals surface area contributed by atoms with Gasteiger partial charge in [-0.05, 0) is 23.6 Å². The van der Waals surface area contributed by atoms with Crippen molar-refractivity contribution < 1.29 is 22.8 Å². The van der Waals surface area contributed by atoms with Crippen LogP contribution in [0.15, 0.2) is 48.0 Å². The highest BCUT2D eigenvalue weighted by atomic mass is 32.1. The number of pyridine rings is 1. The normalized spacial score (nSPS) is 13.8. The maximum atomic E-state index is 14.0.